The van der Waals surface area contributed by atoms with Gasteiger partial charge in [0.1, 0.15) is 0 Å². The Labute approximate surface area is 124 Å². The van der Waals surface area contributed by atoms with Crippen molar-refractivity contribution in [2.45, 2.75) is 44.6 Å². The second kappa shape index (κ2) is 7.55. The van der Waals surface area contributed by atoms with Crippen molar-refractivity contribution in [3.8, 4) is 0 Å². The first-order valence-corrected chi connectivity index (χ1v) is 8.14. The number of nitrogens with two attached hydrogens (primary N) is 1. The normalized spacial score (nSPS) is 15.8. The van der Waals surface area contributed by atoms with Crippen molar-refractivity contribution in [2.75, 3.05) is 13.1 Å². The van der Waals surface area contributed by atoms with Crippen LogP contribution < -0.4 is 5.73 Å². The van der Waals surface area contributed by atoms with Gasteiger partial charge in [0.05, 0.1) is 11.4 Å². The third-order valence-electron chi connectivity index (χ3n) is 3.85. The summed E-state index contributed by atoms with van der Waals surface area (Å²) >= 11 is 1.49. The summed E-state index contributed by atoms with van der Waals surface area (Å²) in [4.78, 5) is 26.1. The molecule has 5 heteroatoms. The van der Waals surface area contributed by atoms with Crippen LogP contribution in [0.5, 0.6) is 0 Å². The smallest absolute Gasteiger partial charge is 0.231 e. The van der Waals surface area contributed by atoms with Crippen molar-refractivity contribution in [2.24, 2.45) is 5.73 Å². The summed E-state index contributed by atoms with van der Waals surface area (Å²) in [6, 6.07) is 4.24. The second-order valence-corrected chi connectivity index (χ2v) is 6.33. The fourth-order valence-corrected chi connectivity index (χ4v) is 3.56. The van der Waals surface area contributed by atoms with Crippen LogP contribution in [-0.2, 0) is 4.79 Å². The summed E-state index contributed by atoms with van der Waals surface area (Å²) < 4.78 is 0. The average Bonchev–Trinajstić information content (AvgIpc) is 3.10. The Bertz CT molecular complexity index is 439. The molecular weight excluding hydrogens is 272 g/mol. The predicted molar refractivity (Wildman–Crippen MR) is 80.9 cm³/mol. The fraction of sp³-hybridized carbons (Fsp3) is 0.600. The number of hydrogen-bond acceptors (Lipinski definition) is 4. The number of amides is 1. The van der Waals surface area contributed by atoms with E-state index in [1.54, 1.807) is 0 Å². The molecule has 2 N–H and O–H groups in total. The molecule has 0 unspecified atom stereocenters. The number of Topliss-reactive ketones (excluding diaryl/α,β-unsaturated/α-hetero) is 1. The molecule has 0 saturated heterocycles. The lowest BCUT2D eigenvalue weighted by Crippen LogP contribution is -2.40. The van der Waals surface area contributed by atoms with E-state index < -0.39 is 0 Å². The molecule has 1 saturated carbocycles. The molecule has 0 atom stereocenters. The third-order valence-corrected chi connectivity index (χ3v) is 4.76. The van der Waals surface area contributed by atoms with Crippen molar-refractivity contribution >= 4 is 23.0 Å². The van der Waals surface area contributed by atoms with Crippen LogP contribution in [0.15, 0.2) is 17.5 Å². The molecular formula is C15H22N2O2S. The number of primary amides is 1. The first kappa shape index (κ1) is 15.2. The lowest BCUT2D eigenvalue weighted by molar-refractivity contribution is -0.119. The first-order valence-electron chi connectivity index (χ1n) is 7.26. The van der Waals surface area contributed by atoms with Gasteiger partial charge >= 0.3 is 0 Å². The lowest BCUT2D eigenvalue weighted by atomic mass is 10.1. The van der Waals surface area contributed by atoms with E-state index in [9.17, 15) is 9.59 Å². The second-order valence-electron chi connectivity index (χ2n) is 5.38. The number of hydrogen-bond donors (Lipinski definition) is 1. The lowest BCUT2D eigenvalue weighted by Gasteiger charge is -2.27. The van der Waals surface area contributed by atoms with Crippen LogP contribution in [0.25, 0.3) is 0 Å². The van der Waals surface area contributed by atoms with Crippen molar-refractivity contribution in [3.05, 3.63) is 22.4 Å². The fourth-order valence-electron chi connectivity index (χ4n) is 2.86. The molecule has 20 heavy (non-hydrogen) atoms. The Hall–Kier alpha value is -1.20. The van der Waals surface area contributed by atoms with Gasteiger partial charge in [0, 0.05) is 12.5 Å². The standard InChI is InChI=1S/C15H22N2O2S/c16-15(19)11-17(12-5-1-2-6-12)9-3-7-13(18)14-8-4-10-20-14/h4,8,10,12H,1-3,5-7,9,11H2,(H2,16,19). The van der Waals surface area contributed by atoms with E-state index in [-0.39, 0.29) is 11.7 Å². The van der Waals surface area contributed by atoms with Crippen LogP contribution in [0, 0.1) is 0 Å². The van der Waals surface area contributed by atoms with Gasteiger partial charge in [-0.1, -0.05) is 18.9 Å². The van der Waals surface area contributed by atoms with Gasteiger partial charge < -0.3 is 5.73 Å². The number of thiophene rings is 1. The molecule has 1 amide bonds. The number of ketones is 1. The molecule has 1 aliphatic rings. The first-order chi connectivity index (χ1) is 9.66. The topological polar surface area (TPSA) is 63.4 Å². The van der Waals surface area contributed by atoms with E-state index in [1.807, 2.05) is 17.5 Å². The summed E-state index contributed by atoms with van der Waals surface area (Å²) in [5, 5.41) is 1.92. The summed E-state index contributed by atoms with van der Waals surface area (Å²) in [6.45, 7) is 1.10. The Balaban J connectivity index is 1.79. The molecule has 1 aliphatic carbocycles. The number of nitrogens with zero attached hydrogens (tertiary/aromatic N) is 1. The van der Waals surface area contributed by atoms with E-state index in [1.165, 1.54) is 24.2 Å². The molecule has 1 heterocycles. The molecule has 2 rings (SSSR count). The van der Waals surface area contributed by atoms with Crippen LogP contribution in [0.4, 0.5) is 0 Å². The minimum Gasteiger partial charge on any atom is -0.369 e. The Morgan fingerprint density at radius 3 is 2.70 bits per heavy atom. The highest BCUT2D eigenvalue weighted by atomic mass is 32.1. The average molecular weight is 294 g/mol. The quantitative estimate of drug-likeness (QED) is 0.749. The largest absolute Gasteiger partial charge is 0.369 e. The van der Waals surface area contributed by atoms with Gasteiger partial charge in [-0.25, -0.2) is 0 Å². The Morgan fingerprint density at radius 2 is 2.10 bits per heavy atom. The minimum absolute atomic E-state index is 0.199. The molecule has 0 radical (unpaired) electrons. The Morgan fingerprint density at radius 1 is 1.35 bits per heavy atom. The van der Waals surface area contributed by atoms with Crippen molar-refractivity contribution in [3.63, 3.8) is 0 Å². The third kappa shape index (κ3) is 4.42. The summed E-state index contributed by atoms with van der Waals surface area (Å²) in [6.07, 6.45) is 6.09. The van der Waals surface area contributed by atoms with Gasteiger partial charge in [-0.05, 0) is 37.3 Å². The molecule has 0 bridgehead atoms. The molecule has 1 fully saturated rings. The van der Waals surface area contributed by atoms with Gasteiger partial charge in [0.15, 0.2) is 5.78 Å². The maximum absolute atomic E-state index is 11.9. The molecule has 1 aromatic heterocycles. The minimum atomic E-state index is -0.276. The molecule has 0 aliphatic heterocycles. The maximum atomic E-state index is 11.9. The van der Waals surface area contributed by atoms with Crippen molar-refractivity contribution in [1.82, 2.24) is 4.90 Å². The predicted octanol–water partition coefficient (Wildman–Crippen LogP) is 2.44. The molecule has 110 valence electrons. The van der Waals surface area contributed by atoms with E-state index >= 15 is 0 Å². The molecule has 0 spiro atoms. The van der Waals surface area contributed by atoms with Gasteiger partial charge in [-0.2, -0.15) is 0 Å². The highest BCUT2D eigenvalue weighted by Gasteiger charge is 2.23. The monoisotopic (exact) mass is 294 g/mol. The van der Waals surface area contributed by atoms with Gasteiger partial charge in [0.2, 0.25) is 5.91 Å². The van der Waals surface area contributed by atoms with E-state index in [0.29, 0.717) is 19.0 Å². The highest BCUT2D eigenvalue weighted by Crippen LogP contribution is 2.23. The number of rotatable bonds is 8. The van der Waals surface area contributed by atoms with E-state index in [4.69, 9.17) is 5.73 Å². The summed E-state index contributed by atoms with van der Waals surface area (Å²) in [5.74, 6) is -0.0769. The van der Waals surface area contributed by atoms with E-state index in [0.717, 1.165) is 30.7 Å². The van der Waals surface area contributed by atoms with Crippen LogP contribution in [-0.4, -0.2) is 35.7 Å². The van der Waals surface area contributed by atoms with E-state index in [2.05, 4.69) is 4.90 Å². The van der Waals surface area contributed by atoms with Crippen LogP contribution in [0.1, 0.15) is 48.2 Å². The highest BCUT2D eigenvalue weighted by molar-refractivity contribution is 7.12. The Kier molecular flexibility index (Phi) is 5.73. The van der Waals surface area contributed by atoms with Gasteiger partial charge in [-0.15, -0.1) is 11.3 Å². The SMILES string of the molecule is NC(=O)CN(CCCC(=O)c1cccs1)C1CCCC1. The van der Waals surface area contributed by atoms with Crippen LogP contribution in [0.3, 0.4) is 0 Å². The van der Waals surface area contributed by atoms with Crippen molar-refractivity contribution < 1.29 is 9.59 Å². The zero-order valence-corrected chi connectivity index (χ0v) is 12.5. The van der Waals surface area contributed by atoms with Crippen LogP contribution in [0.2, 0.25) is 0 Å². The van der Waals surface area contributed by atoms with Gasteiger partial charge in [0.25, 0.3) is 0 Å². The summed E-state index contributed by atoms with van der Waals surface area (Å²) in [5.41, 5.74) is 5.32. The number of carbonyl (C=O) groups is 2. The maximum Gasteiger partial charge on any atom is 0.231 e. The molecule has 1 aromatic rings. The zero-order chi connectivity index (χ0) is 14.4. The van der Waals surface area contributed by atoms with Crippen LogP contribution >= 0.6 is 11.3 Å². The van der Waals surface area contributed by atoms with Crippen molar-refractivity contribution in [1.29, 1.82) is 0 Å². The van der Waals surface area contributed by atoms with Gasteiger partial charge in [-0.3, -0.25) is 14.5 Å². The molecule has 0 aromatic carbocycles. The summed E-state index contributed by atoms with van der Waals surface area (Å²) in [7, 11) is 0. The zero-order valence-electron chi connectivity index (χ0n) is 11.7. The molecule has 4 nitrogen and oxygen atoms in total. The number of carbonyl (C=O) groups excluding carboxylic acids is 2.